The number of carbonyl (C=O) groups excluding carboxylic acids is 2. The molecule has 0 saturated heterocycles. The highest BCUT2D eigenvalue weighted by Crippen LogP contribution is 2.41. The van der Waals surface area contributed by atoms with Gasteiger partial charge >= 0.3 is 18.1 Å². The number of benzene rings is 3. The summed E-state index contributed by atoms with van der Waals surface area (Å²) >= 11 is 0. The van der Waals surface area contributed by atoms with E-state index in [9.17, 15) is 22.8 Å². The lowest BCUT2D eigenvalue weighted by molar-refractivity contribution is -0.216. The largest absolute Gasteiger partial charge is 0.490 e. The van der Waals surface area contributed by atoms with Crippen LogP contribution in [0.15, 0.2) is 72.8 Å². The standard InChI is InChI=1S/C28H25F3O8/c1-3-34-25(32)27(2,39-21-13-14-22-23(15-21)37-17-36-22)24(38-26(33)28(29,30)31)19-9-11-20(12-10-19)35-16-18-7-5-4-6-8-18/h4-15,24H,3,16-17H2,1-2H3. The molecule has 39 heavy (non-hydrogen) atoms. The van der Waals surface area contributed by atoms with Crippen molar-refractivity contribution < 1.29 is 51.2 Å². The van der Waals surface area contributed by atoms with E-state index in [1.54, 1.807) is 0 Å². The van der Waals surface area contributed by atoms with Crippen molar-refractivity contribution in [2.24, 2.45) is 0 Å². The van der Waals surface area contributed by atoms with Gasteiger partial charge in [0.1, 0.15) is 18.1 Å². The highest BCUT2D eigenvalue weighted by molar-refractivity contribution is 5.82. The quantitative estimate of drug-likeness (QED) is 0.306. The second kappa shape index (κ2) is 11.5. The Bertz CT molecular complexity index is 1290. The molecule has 11 heteroatoms. The molecule has 0 spiro atoms. The van der Waals surface area contributed by atoms with Crippen LogP contribution in [-0.2, 0) is 25.7 Å². The van der Waals surface area contributed by atoms with Crippen LogP contribution in [0.2, 0.25) is 0 Å². The summed E-state index contributed by atoms with van der Waals surface area (Å²) in [4.78, 5) is 25.2. The van der Waals surface area contributed by atoms with Gasteiger partial charge in [0.05, 0.1) is 6.61 Å². The molecular weight excluding hydrogens is 521 g/mol. The highest BCUT2D eigenvalue weighted by Gasteiger charge is 2.52. The summed E-state index contributed by atoms with van der Waals surface area (Å²) in [5, 5.41) is 0. The lowest BCUT2D eigenvalue weighted by Crippen LogP contribution is -2.50. The summed E-state index contributed by atoms with van der Waals surface area (Å²) in [6.07, 6.45) is -7.19. The van der Waals surface area contributed by atoms with Gasteiger partial charge in [-0.25, -0.2) is 9.59 Å². The Balaban J connectivity index is 1.67. The molecule has 3 aromatic carbocycles. The molecule has 1 aliphatic rings. The van der Waals surface area contributed by atoms with E-state index in [1.807, 2.05) is 30.3 Å². The van der Waals surface area contributed by atoms with Gasteiger partial charge in [-0.2, -0.15) is 13.2 Å². The number of alkyl halides is 3. The van der Waals surface area contributed by atoms with E-state index in [4.69, 9.17) is 28.4 Å². The van der Waals surface area contributed by atoms with Crippen molar-refractivity contribution in [3.05, 3.63) is 83.9 Å². The van der Waals surface area contributed by atoms with Gasteiger partial charge in [0, 0.05) is 6.07 Å². The van der Waals surface area contributed by atoms with Crippen LogP contribution in [0.3, 0.4) is 0 Å². The maximum Gasteiger partial charge on any atom is 0.490 e. The first-order chi connectivity index (χ1) is 18.6. The zero-order valence-corrected chi connectivity index (χ0v) is 21.0. The second-order valence-electron chi connectivity index (χ2n) is 8.57. The van der Waals surface area contributed by atoms with Crippen molar-refractivity contribution in [3.63, 3.8) is 0 Å². The van der Waals surface area contributed by atoms with Crippen LogP contribution in [0.4, 0.5) is 13.2 Å². The molecule has 1 aliphatic heterocycles. The van der Waals surface area contributed by atoms with Crippen molar-refractivity contribution in [1.82, 2.24) is 0 Å². The van der Waals surface area contributed by atoms with Crippen LogP contribution in [0.5, 0.6) is 23.0 Å². The first-order valence-electron chi connectivity index (χ1n) is 11.9. The molecule has 1 heterocycles. The van der Waals surface area contributed by atoms with E-state index in [1.165, 1.54) is 56.3 Å². The summed E-state index contributed by atoms with van der Waals surface area (Å²) in [6, 6.07) is 19.4. The minimum absolute atomic E-state index is 0.0293. The molecule has 0 amide bonds. The van der Waals surface area contributed by atoms with E-state index < -0.39 is 29.8 Å². The number of ether oxygens (including phenoxy) is 6. The fraction of sp³-hybridized carbons (Fsp3) is 0.286. The molecule has 0 fully saturated rings. The normalized spacial score (nSPS) is 14.6. The number of esters is 2. The Morgan fingerprint density at radius 2 is 1.56 bits per heavy atom. The number of hydrogen-bond donors (Lipinski definition) is 0. The van der Waals surface area contributed by atoms with Gasteiger partial charge in [-0.05, 0) is 49.2 Å². The predicted molar refractivity (Wildman–Crippen MR) is 130 cm³/mol. The number of carbonyl (C=O) groups is 2. The fourth-order valence-corrected chi connectivity index (χ4v) is 3.81. The molecule has 4 rings (SSSR count). The average Bonchev–Trinajstić information content (AvgIpc) is 3.39. The molecule has 2 unspecified atom stereocenters. The molecule has 206 valence electrons. The first kappa shape index (κ1) is 27.6. The van der Waals surface area contributed by atoms with Crippen molar-refractivity contribution in [3.8, 4) is 23.0 Å². The van der Waals surface area contributed by atoms with Crippen molar-refractivity contribution in [1.29, 1.82) is 0 Å². The molecule has 0 radical (unpaired) electrons. The van der Waals surface area contributed by atoms with Crippen LogP contribution in [0.1, 0.15) is 31.1 Å². The van der Waals surface area contributed by atoms with E-state index in [0.29, 0.717) is 17.2 Å². The Hall–Kier alpha value is -4.41. The van der Waals surface area contributed by atoms with Crippen LogP contribution in [0.25, 0.3) is 0 Å². The Labute approximate surface area is 222 Å². The first-order valence-corrected chi connectivity index (χ1v) is 11.9. The van der Waals surface area contributed by atoms with Crippen LogP contribution in [0, 0.1) is 0 Å². The van der Waals surface area contributed by atoms with Gasteiger partial charge in [-0.1, -0.05) is 42.5 Å². The smallest absolute Gasteiger partial charge is 0.489 e. The third-order valence-corrected chi connectivity index (χ3v) is 5.74. The molecule has 8 nitrogen and oxygen atoms in total. The van der Waals surface area contributed by atoms with E-state index in [2.05, 4.69) is 0 Å². The zero-order valence-electron chi connectivity index (χ0n) is 21.0. The van der Waals surface area contributed by atoms with Gasteiger partial charge in [-0.3, -0.25) is 0 Å². The average molecular weight is 546 g/mol. The minimum atomic E-state index is -5.33. The van der Waals surface area contributed by atoms with Crippen LogP contribution >= 0.6 is 0 Å². The summed E-state index contributed by atoms with van der Waals surface area (Å²) < 4.78 is 72.1. The third kappa shape index (κ3) is 6.54. The number of fused-ring (bicyclic) bond motifs is 1. The summed E-state index contributed by atoms with van der Waals surface area (Å²) in [6.45, 7) is 2.82. The maximum atomic E-state index is 13.3. The zero-order chi connectivity index (χ0) is 28.0. The van der Waals surface area contributed by atoms with Crippen molar-refractivity contribution >= 4 is 11.9 Å². The SMILES string of the molecule is CCOC(=O)C(C)(Oc1ccc2c(c1)OCO2)C(OC(=O)C(F)(F)F)c1ccc(OCc2ccccc2)cc1. The van der Waals surface area contributed by atoms with Gasteiger partial charge in [0.15, 0.2) is 17.6 Å². The predicted octanol–water partition coefficient (Wildman–Crippen LogP) is 5.54. The van der Waals surface area contributed by atoms with E-state index in [-0.39, 0.29) is 31.3 Å². The Kier molecular flexibility index (Phi) is 8.18. The van der Waals surface area contributed by atoms with Crippen LogP contribution < -0.4 is 18.9 Å². The topological polar surface area (TPSA) is 89.5 Å². The van der Waals surface area contributed by atoms with Gasteiger partial charge < -0.3 is 28.4 Å². The van der Waals surface area contributed by atoms with Crippen molar-refractivity contribution in [2.45, 2.75) is 38.3 Å². The lowest BCUT2D eigenvalue weighted by atomic mass is 9.91. The van der Waals surface area contributed by atoms with Gasteiger partial charge in [-0.15, -0.1) is 0 Å². The summed E-state index contributed by atoms with van der Waals surface area (Å²) in [5.74, 6) is -2.37. The second-order valence-corrected chi connectivity index (χ2v) is 8.57. The van der Waals surface area contributed by atoms with Gasteiger partial charge in [0.25, 0.3) is 0 Å². The Morgan fingerprint density at radius 3 is 2.23 bits per heavy atom. The monoisotopic (exact) mass is 546 g/mol. The highest BCUT2D eigenvalue weighted by atomic mass is 19.4. The van der Waals surface area contributed by atoms with E-state index in [0.717, 1.165) is 5.56 Å². The summed E-state index contributed by atoms with van der Waals surface area (Å²) in [7, 11) is 0. The molecule has 0 bridgehead atoms. The number of rotatable bonds is 10. The molecule has 3 aromatic rings. The van der Waals surface area contributed by atoms with E-state index >= 15 is 0 Å². The van der Waals surface area contributed by atoms with Crippen molar-refractivity contribution in [2.75, 3.05) is 13.4 Å². The van der Waals surface area contributed by atoms with Gasteiger partial charge in [0.2, 0.25) is 12.4 Å². The number of halogens is 3. The molecule has 0 saturated carbocycles. The fourth-order valence-electron chi connectivity index (χ4n) is 3.81. The lowest BCUT2D eigenvalue weighted by Gasteiger charge is -2.35. The molecule has 0 N–H and O–H groups in total. The maximum absolute atomic E-state index is 13.3. The van der Waals surface area contributed by atoms with Crippen LogP contribution in [-0.4, -0.2) is 37.1 Å². The Morgan fingerprint density at radius 1 is 0.897 bits per heavy atom. The molecular formula is C28H25F3O8. The summed E-state index contributed by atoms with van der Waals surface area (Å²) in [5.41, 5.74) is -1.29. The minimum Gasteiger partial charge on any atom is -0.489 e. The molecule has 2 atom stereocenters. The molecule has 0 aromatic heterocycles. The molecule has 0 aliphatic carbocycles. The third-order valence-electron chi connectivity index (χ3n) is 5.74. The number of hydrogen-bond acceptors (Lipinski definition) is 8.